The molecule has 0 heterocycles. The summed E-state index contributed by atoms with van der Waals surface area (Å²) in [5.74, 6) is 2.88. The monoisotopic (exact) mass is 432 g/mol. The Kier molecular flexibility index (Phi) is 5.77. The van der Waals surface area contributed by atoms with E-state index in [2.05, 4.69) is 0 Å². The van der Waals surface area contributed by atoms with Gasteiger partial charge in [-0.2, -0.15) is 0 Å². The topological polar surface area (TPSA) is 63.2 Å². The van der Waals surface area contributed by atoms with E-state index in [0.29, 0.717) is 39.9 Å². The van der Waals surface area contributed by atoms with E-state index >= 15 is 0 Å². The Bertz CT molecular complexity index is 1190. The number of methoxy groups -OCH3 is 5. The van der Waals surface area contributed by atoms with Gasteiger partial charge in [-0.05, 0) is 41.5 Å². The van der Waals surface area contributed by atoms with Crippen molar-refractivity contribution in [2.24, 2.45) is 0 Å². The van der Waals surface area contributed by atoms with Crippen LogP contribution in [0.25, 0.3) is 11.1 Å². The van der Waals surface area contributed by atoms with Gasteiger partial charge in [0, 0.05) is 28.8 Å². The van der Waals surface area contributed by atoms with Crippen molar-refractivity contribution in [2.75, 3.05) is 35.5 Å². The number of ketones is 1. The van der Waals surface area contributed by atoms with Gasteiger partial charge in [-0.1, -0.05) is 12.1 Å². The second kappa shape index (κ2) is 8.67. The lowest BCUT2D eigenvalue weighted by Gasteiger charge is -2.14. The predicted molar refractivity (Wildman–Crippen MR) is 122 cm³/mol. The van der Waals surface area contributed by atoms with Gasteiger partial charge in [0.15, 0.2) is 5.78 Å². The molecule has 4 rings (SSSR count). The van der Waals surface area contributed by atoms with Crippen LogP contribution in [0.2, 0.25) is 0 Å². The number of carbonyl (C=O) groups is 1. The van der Waals surface area contributed by atoms with Crippen molar-refractivity contribution in [3.8, 4) is 28.7 Å². The van der Waals surface area contributed by atoms with E-state index in [9.17, 15) is 4.79 Å². The second-order valence-corrected chi connectivity index (χ2v) is 7.16. The molecule has 164 valence electrons. The Morgan fingerprint density at radius 2 is 1.09 bits per heavy atom. The highest BCUT2D eigenvalue weighted by Gasteiger charge is 2.35. The van der Waals surface area contributed by atoms with Crippen LogP contribution in [0.4, 0.5) is 0 Å². The number of allylic oxidation sites excluding steroid dienone is 1. The molecule has 6 heteroatoms. The summed E-state index contributed by atoms with van der Waals surface area (Å²) in [6.07, 6.45) is 0. The van der Waals surface area contributed by atoms with Crippen molar-refractivity contribution in [1.29, 1.82) is 0 Å². The van der Waals surface area contributed by atoms with Crippen LogP contribution in [0.1, 0.15) is 27.0 Å². The maximum atomic E-state index is 13.8. The molecule has 0 unspecified atom stereocenters. The average molecular weight is 432 g/mol. The van der Waals surface area contributed by atoms with E-state index in [-0.39, 0.29) is 5.78 Å². The number of rotatable bonds is 7. The van der Waals surface area contributed by atoms with Crippen molar-refractivity contribution in [2.45, 2.75) is 0 Å². The molecular formula is C26H24O6. The molecule has 0 N–H and O–H groups in total. The quantitative estimate of drug-likeness (QED) is 0.530. The summed E-state index contributed by atoms with van der Waals surface area (Å²) >= 11 is 0. The standard InChI is InChI=1S/C26H24O6/c1-28-17-8-6-15(7-9-17)24-23(16-10-18(29-2)12-19(11-16)30-3)21-13-20(31-4)14-22(32-5)25(21)26(24)27/h6-14H,1-5H3. The minimum Gasteiger partial charge on any atom is -0.497 e. The van der Waals surface area contributed by atoms with Crippen LogP contribution in [-0.2, 0) is 0 Å². The number of hydrogen-bond acceptors (Lipinski definition) is 6. The first-order valence-electron chi connectivity index (χ1n) is 9.97. The van der Waals surface area contributed by atoms with Crippen molar-refractivity contribution < 1.29 is 28.5 Å². The molecule has 3 aromatic rings. The van der Waals surface area contributed by atoms with Gasteiger partial charge < -0.3 is 23.7 Å². The normalized spacial score (nSPS) is 12.5. The smallest absolute Gasteiger partial charge is 0.198 e. The molecule has 0 amide bonds. The van der Waals surface area contributed by atoms with Crippen LogP contribution < -0.4 is 23.7 Å². The lowest BCUT2D eigenvalue weighted by molar-refractivity contribution is 0.105. The van der Waals surface area contributed by atoms with Crippen LogP contribution >= 0.6 is 0 Å². The van der Waals surface area contributed by atoms with E-state index in [4.69, 9.17) is 23.7 Å². The van der Waals surface area contributed by atoms with E-state index in [1.807, 2.05) is 42.5 Å². The van der Waals surface area contributed by atoms with Crippen molar-refractivity contribution >= 4 is 16.9 Å². The zero-order chi connectivity index (χ0) is 22.8. The van der Waals surface area contributed by atoms with Gasteiger partial charge in [0.2, 0.25) is 0 Å². The summed E-state index contributed by atoms with van der Waals surface area (Å²) in [6, 6.07) is 16.6. The molecule has 1 aliphatic rings. The minimum atomic E-state index is -0.124. The predicted octanol–water partition coefficient (Wildman–Crippen LogP) is 4.89. The van der Waals surface area contributed by atoms with E-state index in [1.165, 1.54) is 0 Å². The second-order valence-electron chi connectivity index (χ2n) is 7.16. The first-order chi connectivity index (χ1) is 15.5. The molecule has 0 aromatic heterocycles. The van der Waals surface area contributed by atoms with Gasteiger partial charge in [0.05, 0.1) is 41.1 Å². The third kappa shape index (κ3) is 3.54. The highest BCUT2D eigenvalue weighted by atomic mass is 16.5. The van der Waals surface area contributed by atoms with Crippen LogP contribution in [0, 0.1) is 0 Å². The zero-order valence-corrected chi connectivity index (χ0v) is 18.6. The maximum Gasteiger partial charge on any atom is 0.198 e. The molecule has 0 bridgehead atoms. The molecule has 32 heavy (non-hydrogen) atoms. The summed E-state index contributed by atoms with van der Waals surface area (Å²) in [7, 11) is 7.92. The fraction of sp³-hybridized carbons (Fsp3) is 0.192. The number of hydrogen-bond donors (Lipinski definition) is 0. The highest BCUT2D eigenvalue weighted by molar-refractivity contribution is 6.42. The molecule has 1 aliphatic carbocycles. The molecule has 0 saturated carbocycles. The Hall–Kier alpha value is -3.93. The van der Waals surface area contributed by atoms with Crippen LogP contribution in [-0.4, -0.2) is 41.3 Å². The van der Waals surface area contributed by atoms with Gasteiger partial charge in [-0.15, -0.1) is 0 Å². The van der Waals surface area contributed by atoms with Gasteiger partial charge in [0.25, 0.3) is 0 Å². The van der Waals surface area contributed by atoms with E-state index in [1.54, 1.807) is 47.7 Å². The summed E-state index contributed by atoms with van der Waals surface area (Å²) in [5.41, 5.74) is 4.09. The van der Waals surface area contributed by atoms with Crippen molar-refractivity contribution in [3.63, 3.8) is 0 Å². The van der Waals surface area contributed by atoms with E-state index < -0.39 is 0 Å². The Morgan fingerprint density at radius 3 is 1.62 bits per heavy atom. The van der Waals surface area contributed by atoms with Crippen LogP contribution in [0.15, 0.2) is 54.6 Å². The molecule has 6 nitrogen and oxygen atoms in total. The average Bonchev–Trinajstić information content (AvgIpc) is 3.15. The van der Waals surface area contributed by atoms with Crippen LogP contribution in [0.5, 0.6) is 28.7 Å². The molecule has 0 spiro atoms. The Labute approximate surface area is 186 Å². The molecular weight excluding hydrogens is 408 g/mol. The van der Waals surface area contributed by atoms with Crippen molar-refractivity contribution in [1.82, 2.24) is 0 Å². The van der Waals surface area contributed by atoms with Gasteiger partial charge in [0.1, 0.15) is 28.7 Å². The number of benzene rings is 3. The fourth-order valence-electron chi connectivity index (χ4n) is 3.96. The summed E-state index contributed by atoms with van der Waals surface area (Å²) in [5, 5.41) is 0. The zero-order valence-electron chi connectivity index (χ0n) is 18.6. The van der Waals surface area contributed by atoms with E-state index in [0.717, 1.165) is 22.3 Å². The minimum absolute atomic E-state index is 0.124. The molecule has 0 saturated heterocycles. The Balaban J connectivity index is 2.06. The van der Waals surface area contributed by atoms with Gasteiger partial charge >= 0.3 is 0 Å². The maximum absolute atomic E-state index is 13.8. The fourth-order valence-corrected chi connectivity index (χ4v) is 3.96. The number of fused-ring (bicyclic) bond motifs is 1. The third-order valence-corrected chi connectivity index (χ3v) is 5.52. The number of ether oxygens (including phenoxy) is 5. The summed E-state index contributed by atoms with van der Waals surface area (Å²) < 4.78 is 27.3. The summed E-state index contributed by atoms with van der Waals surface area (Å²) in [4.78, 5) is 13.8. The lowest BCUT2D eigenvalue weighted by atomic mass is 9.93. The van der Waals surface area contributed by atoms with Gasteiger partial charge in [-0.25, -0.2) is 0 Å². The largest absolute Gasteiger partial charge is 0.497 e. The first kappa shape index (κ1) is 21.3. The SMILES string of the molecule is COc1ccc(C2=C(c3cc(OC)cc(OC)c3)c3cc(OC)cc(OC)c3C2=O)cc1. The lowest BCUT2D eigenvalue weighted by Crippen LogP contribution is -2.02. The molecule has 0 aliphatic heterocycles. The molecule has 0 radical (unpaired) electrons. The third-order valence-electron chi connectivity index (χ3n) is 5.52. The number of carbonyl (C=O) groups excluding carboxylic acids is 1. The molecule has 0 atom stereocenters. The van der Waals surface area contributed by atoms with Gasteiger partial charge in [-0.3, -0.25) is 4.79 Å². The van der Waals surface area contributed by atoms with Crippen molar-refractivity contribution in [3.05, 3.63) is 76.9 Å². The van der Waals surface area contributed by atoms with Crippen LogP contribution in [0.3, 0.4) is 0 Å². The molecule has 3 aromatic carbocycles. The molecule has 0 fully saturated rings. The number of Topliss-reactive ketones (excluding diaryl/α,β-unsaturated/α-hetero) is 1. The first-order valence-corrected chi connectivity index (χ1v) is 9.97. The summed E-state index contributed by atoms with van der Waals surface area (Å²) in [6.45, 7) is 0. The highest BCUT2D eigenvalue weighted by Crippen LogP contribution is 2.48. The Morgan fingerprint density at radius 1 is 0.531 bits per heavy atom.